The fourth-order valence-electron chi connectivity index (χ4n) is 2.77. The van der Waals surface area contributed by atoms with Gasteiger partial charge in [0.15, 0.2) is 0 Å². The minimum atomic E-state index is -3.70. The molecule has 122 valence electrons. The van der Waals surface area contributed by atoms with Crippen molar-refractivity contribution in [3.8, 4) is 0 Å². The van der Waals surface area contributed by atoms with Gasteiger partial charge in [0.2, 0.25) is 0 Å². The molecule has 0 radical (unpaired) electrons. The van der Waals surface area contributed by atoms with Gasteiger partial charge in [-0.05, 0) is 61.4 Å². The van der Waals surface area contributed by atoms with Gasteiger partial charge in [0, 0.05) is 17.4 Å². The van der Waals surface area contributed by atoms with Gasteiger partial charge in [0.05, 0.1) is 4.90 Å². The van der Waals surface area contributed by atoms with E-state index >= 15 is 0 Å². The highest BCUT2D eigenvalue weighted by Crippen LogP contribution is 2.24. The molecule has 0 heterocycles. The Morgan fingerprint density at radius 1 is 0.870 bits per heavy atom. The van der Waals surface area contributed by atoms with Crippen molar-refractivity contribution >= 4 is 21.4 Å². The van der Waals surface area contributed by atoms with Crippen molar-refractivity contribution in [1.29, 1.82) is 0 Å². The molecule has 1 fully saturated rings. The van der Waals surface area contributed by atoms with Crippen LogP contribution in [0.5, 0.6) is 0 Å². The molecule has 3 rings (SSSR count). The van der Waals surface area contributed by atoms with Crippen molar-refractivity contribution in [3.05, 3.63) is 54.3 Å². The zero-order chi connectivity index (χ0) is 16.3. The van der Waals surface area contributed by atoms with Gasteiger partial charge in [-0.1, -0.05) is 12.8 Å². The average Bonchev–Trinajstić information content (AvgIpc) is 3.02. The number of halogens is 1. The van der Waals surface area contributed by atoms with Crippen LogP contribution in [-0.4, -0.2) is 14.5 Å². The van der Waals surface area contributed by atoms with Gasteiger partial charge in [-0.15, -0.1) is 0 Å². The van der Waals surface area contributed by atoms with E-state index in [0.29, 0.717) is 11.7 Å². The number of rotatable bonds is 5. The van der Waals surface area contributed by atoms with E-state index in [4.69, 9.17) is 0 Å². The van der Waals surface area contributed by atoms with Crippen LogP contribution in [0.1, 0.15) is 25.7 Å². The fraction of sp³-hybridized carbons (Fsp3) is 0.294. The molecule has 0 aromatic heterocycles. The number of nitrogens with one attached hydrogen (secondary N) is 2. The smallest absolute Gasteiger partial charge is 0.261 e. The van der Waals surface area contributed by atoms with E-state index in [1.807, 2.05) is 12.1 Å². The summed E-state index contributed by atoms with van der Waals surface area (Å²) >= 11 is 0. The summed E-state index contributed by atoms with van der Waals surface area (Å²) in [7, 11) is -3.70. The third-order valence-electron chi connectivity index (χ3n) is 3.99. The van der Waals surface area contributed by atoms with E-state index < -0.39 is 15.8 Å². The topological polar surface area (TPSA) is 58.2 Å². The van der Waals surface area contributed by atoms with Crippen LogP contribution < -0.4 is 10.0 Å². The van der Waals surface area contributed by atoms with Crippen LogP contribution in [0.3, 0.4) is 0 Å². The Hall–Kier alpha value is -2.08. The maximum atomic E-state index is 12.9. The Bertz CT molecular complexity index is 752. The number of anilines is 2. The highest BCUT2D eigenvalue weighted by molar-refractivity contribution is 7.92. The molecule has 2 N–H and O–H groups in total. The highest BCUT2D eigenvalue weighted by atomic mass is 32.2. The van der Waals surface area contributed by atoms with Crippen LogP contribution in [0.15, 0.2) is 53.4 Å². The molecule has 0 aliphatic heterocycles. The Balaban J connectivity index is 1.68. The van der Waals surface area contributed by atoms with Crippen molar-refractivity contribution in [2.75, 3.05) is 10.0 Å². The summed E-state index contributed by atoms with van der Waals surface area (Å²) in [6.45, 7) is 0. The van der Waals surface area contributed by atoms with Crippen molar-refractivity contribution in [2.45, 2.75) is 36.6 Å². The first-order valence-electron chi connectivity index (χ1n) is 7.68. The molecule has 0 amide bonds. The van der Waals surface area contributed by atoms with Gasteiger partial charge in [0.25, 0.3) is 10.0 Å². The third-order valence-corrected chi connectivity index (χ3v) is 5.38. The predicted molar refractivity (Wildman–Crippen MR) is 89.5 cm³/mol. The molecule has 23 heavy (non-hydrogen) atoms. The summed E-state index contributed by atoms with van der Waals surface area (Å²) in [6, 6.07) is 12.4. The first kappa shape index (κ1) is 15.8. The molecular weight excluding hydrogens is 315 g/mol. The van der Waals surface area contributed by atoms with E-state index in [-0.39, 0.29) is 4.90 Å². The van der Waals surface area contributed by atoms with Crippen LogP contribution in [0.4, 0.5) is 15.8 Å². The Morgan fingerprint density at radius 2 is 1.43 bits per heavy atom. The molecule has 0 atom stereocenters. The summed E-state index contributed by atoms with van der Waals surface area (Å²) in [5.41, 5.74) is 1.47. The summed E-state index contributed by atoms with van der Waals surface area (Å²) in [6.07, 6.45) is 4.87. The SMILES string of the molecule is O=S(=O)(Nc1ccc(NC2CCCC2)cc1)c1ccc(F)cc1. The van der Waals surface area contributed by atoms with E-state index in [0.717, 1.165) is 17.8 Å². The van der Waals surface area contributed by atoms with Crippen LogP contribution in [0.25, 0.3) is 0 Å². The lowest BCUT2D eigenvalue weighted by molar-refractivity contribution is 0.599. The molecule has 1 saturated carbocycles. The summed E-state index contributed by atoms with van der Waals surface area (Å²) in [5, 5.41) is 3.45. The molecule has 2 aromatic rings. The number of sulfonamides is 1. The third kappa shape index (κ3) is 4.01. The summed E-state index contributed by atoms with van der Waals surface area (Å²) < 4.78 is 39.8. The van der Waals surface area contributed by atoms with Crippen LogP contribution in [-0.2, 0) is 10.0 Å². The van der Waals surface area contributed by atoms with Gasteiger partial charge in [0.1, 0.15) is 5.82 Å². The molecule has 0 bridgehead atoms. The summed E-state index contributed by atoms with van der Waals surface area (Å²) in [5.74, 6) is -0.466. The maximum absolute atomic E-state index is 12.9. The second-order valence-electron chi connectivity index (χ2n) is 5.76. The molecule has 0 saturated heterocycles. The van der Waals surface area contributed by atoms with Crippen molar-refractivity contribution in [3.63, 3.8) is 0 Å². The van der Waals surface area contributed by atoms with Gasteiger partial charge in [-0.2, -0.15) is 0 Å². The Morgan fingerprint density at radius 3 is 2.04 bits per heavy atom. The zero-order valence-corrected chi connectivity index (χ0v) is 13.4. The fourth-order valence-corrected chi connectivity index (χ4v) is 3.83. The lowest BCUT2D eigenvalue weighted by atomic mass is 10.2. The van der Waals surface area contributed by atoms with E-state index in [1.54, 1.807) is 12.1 Å². The summed E-state index contributed by atoms with van der Waals surface area (Å²) in [4.78, 5) is 0.0343. The van der Waals surface area contributed by atoms with Crippen LogP contribution >= 0.6 is 0 Å². The number of hydrogen-bond acceptors (Lipinski definition) is 3. The van der Waals surface area contributed by atoms with Crippen molar-refractivity contribution in [2.24, 2.45) is 0 Å². The van der Waals surface area contributed by atoms with E-state index in [2.05, 4.69) is 10.0 Å². The maximum Gasteiger partial charge on any atom is 0.261 e. The molecular formula is C17H19FN2O2S. The lowest BCUT2D eigenvalue weighted by Gasteiger charge is -2.14. The van der Waals surface area contributed by atoms with Crippen molar-refractivity contribution in [1.82, 2.24) is 0 Å². The predicted octanol–water partition coefficient (Wildman–Crippen LogP) is 3.98. The normalized spacial score (nSPS) is 15.5. The number of benzene rings is 2. The Labute approximate surface area is 135 Å². The van der Waals surface area contributed by atoms with Crippen LogP contribution in [0.2, 0.25) is 0 Å². The first-order chi connectivity index (χ1) is 11.0. The lowest BCUT2D eigenvalue weighted by Crippen LogP contribution is -2.15. The quantitative estimate of drug-likeness (QED) is 0.869. The first-order valence-corrected chi connectivity index (χ1v) is 9.16. The standard InChI is InChI=1S/C17H19FN2O2S/c18-13-5-11-17(12-6-13)23(21,22)20-16-9-7-15(8-10-16)19-14-3-1-2-4-14/h5-12,14,19-20H,1-4H2. The molecule has 0 spiro atoms. The minimum Gasteiger partial charge on any atom is -0.382 e. The second-order valence-corrected chi connectivity index (χ2v) is 7.44. The van der Waals surface area contributed by atoms with Gasteiger partial charge in [-0.25, -0.2) is 12.8 Å². The van der Waals surface area contributed by atoms with Gasteiger partial charge in [-0.3, -0.25) is 4.72 Å². The average molecular weight is 334 g/mol. The van der Waals surface area contributed by atoms with Crippen molar-refractivity contribution < 1.29 is 12.8 Å². The molecule has 1 aliphatic rings. The molecule has 2 aromatic carbocycles. The van der Waals surface area contributed by atoms with E-state index in [1.165, 1.54) is 37.8 Å². The Kier molecular flexibility index (Phi) is 4.52. The minimum absolute atomic E-state index is 0.0343. The van der Waals surface area contributed by atoms with E-state index in [9.17, 15) is 12.8 Å². The molecule has 0 unspecified atom stereocenters. The molecule has 6 heteroatoms. The monoisotopic (exact) mass is 334 g/mol. The van der Waals surface area contributed by atoms with Gasteiger partial charge < -0.3 is 5.32 Å². The van der Waals surface area contributed by atoms with Gasteiger partial charge >= 0.3 is 0 Å². The highest BCUT2D eigenvalue weighted by Gasteiger charge is 2.16. The second kappa shape index (κ2) is 6.58. The van der Waals surface area contributed by atoms with Crippen LogP contribution in [0, 0.1) is 5.82 Å². The molecule has 1 aliphatic carbocycles. The number of hydrogen-bond donors (Lipinski definition) is 2. The largest absolute Gasteiger partial charge is 0.382 e. The zero-order valence-electron chi connectivity index (χ0n) is 12.6. The molecule has 4 nitrogen and oxygen atoms in total.